The van der Waals surface area contributed by atoms with E-state index in [9.17, 15) is 4.79 Å². The molecule has 3 heteroatoms. The van der Waals surface area contributed by atoms with Crippen molar-refractivity contribution in [3.05, 3.63) is 36.5 Å². The van der Waals surface area contributed by atoms with E-state index < -0.39 is 0 Å². The number of rotatable bonds is 19. The lowest BCUT2D eigenvalue weighted by molar-refractivity contribution is -0.145. The summed E-state index contributed by atoms with van der Waals surface area (Å²) < 4.78 is 10.5. The Bertz CT molecular complexity index is 396. The van der Waals surface area contributed by atoms with Gasteiger partial charge in [0.2, 0.25) is 0 Å². The van der Waals surface area contributed by atoms with Crippen molar-refractivity contribution < 1.29 is 14.3 Å². The van der Waals surface area contributed by atoms with Gasteiger partial charge in [0.15, 0.2) is 0 Å². The number of allylic oxidation sites excluding steroid dienone is 6. The van der Waals surface area contributed by atoms with Gasteiger partial charge in [0.05, 0.1) is 6.61 Å². The van der Waals surface area contributed by atoms with Crippen molar-refractivity contribution >= 4 is 5.97 Å². The van der Waals surface area contributed by atoms with Gasteiger partial charge in [0, 0.05) is 13.0 Å². The van der Waals surface area contributed by atoms with Crippen LogP contribution in [0.3, 0.4) is 0 Å². The molecule has 0 aliphatic heterocycles. The average molecular weight is 379 g/mol. The first-order chi connectivity index (χ1) is 13.3. The van der Waals surface area contributed by atoms with Crippen LogP contribution in [-0.4, -0.2) is 25.8 Å². The highest BCUT2D eigenvalue weighted by Crippen LogP contribution is 2.08. The van der Waals surface area contributed by atoms with Gasteiger partial charge < -0.3 is 9.47 Å². The molecule has 0 saturated heterocycles. The molecule has 3 nitrogen and oxygen atoms in total. The molecule has 0 saturated carbocycles. The smallest absolute Gasteiger partial charge is 0.305 e. The summed E-state index contributed by atoms with van der Waals surface area (Å²) in [6, 6.07) is 0. The maximum Gasteiger partial charge on any atom is 0.305 e. The van der Waals surface area contributed by atoms with E-state index >= 15 is 0 Å². The molecule has 156 valence electrons. The zero-order valence-corrected chi connectivity index (χ0v) is 17.8. The lowest BCUT2D eigenvalue weighted by atomic mass is 10.1. The van der Waals surface area contributed by atoms with Crippen LogP contribution in [0.2, 0.25) is 0 Å². The summed E-state index contributed by atoms with van der Waals surface area (Å²) in [5.74, 6) is -0.0877. The third-order valence-corrected chi connectivity index (χ3v) is 4.16. The zero-order chi connectivity index (χ0) is 19.8. The minimum atomic E-state index is -0.0877. The number of esters is 1. The first-order valence-electron chi connectivity index (χ1n) is 11.0. The SMILES string of the molecule is CC/C=C\C/C=C\C/C=C\CCCCCCCC(=O)OCCOCCCC. The number of hydrogen-bond donors (Lipinski definition) is 0. The molecule has 0 fully saturated rings. The number of ether oxygens (including phenoxy) is 2. The number of unbranched alkanes of at least 4 members (excludes halogenated alkanes) is 6. The van der Waals surface area contributed by atoms with Crippen molar-refractivity contribution in [2.75, 3.05) is 19.8 Å². The van der Waals surface area contributed by atoms with Crippen molar-refractivity contribution in [2.24, 2.45) is 0 Å². The van der Waals surface area contributed by atoms with Crippen molar-refractivity contribution in [3.63, 3.8) is 0 Å². The highest BCUT2D eigenvalue weighted by molar-refractivity contribution is 5.69. The second kappa shape index (κ2) is 22.7. The van der Waals surface area contributed by atoms with E-state index in [0.29, 0.717) is 19.6 Å². The Balaban J connectivity index is 3.28. The van der Waals surface area contributed by atoms with Crippen LogP contribution in [0.4, 0.5) is 0 Å². The second-order valence-electron chi connectivity index (χ2n) is 6.79. The van der Waals surface area contributed by atoms with Gasteiger partial charge in [0.1, 0.15) is 6.61 Å². The Kier molecular flexibility index (Phi) is 21.6. The third-order valence-electron chi connectivity index (χ3n) is 4.16. The van der Waals surface area contributed by atoms with Gasteiger partial charge in [0.25, 0.3) is 0 Å². The topological polar surface area (TPSA) is 35.5 Å². The number of carbonyl (C=O) groups is 1. The summed E-state index contributed by atoms with van der Waals surface area (Å²) in [4.78, 5) is 11.6. The van der Waals surface area contributed by atoms with Crippen LogP contribution < -0.4 is 0 Å². The summed E-state index contributed by atoms with van der Waals surface area (Å²) in [5.41, 5.74) is 0. The van der Waals surface area contributed by atoms with Gasteiger partial charge >= 0.3 is 5.97 Å². The molecule has 0 amide bonds. The van der Waals surface area contributed by atoms with Crippen LogP contribution >= 0.6 is 0 Å². The predicted molar refractivity (Wildman–Crippen MR) is 116 cm³/mol. The lowest BCUT2D eigenvalue weighted by Crippen LogP contribution is -2.10. The van der Waals surface area contributed by atoms with E-state index in [-0.39, 0.29) is 5.97 Å². The van der Waals surface area contributed by atoms with Crippen molar-refractivity contribution in [1.82, 2.24) is 0 Å². The first-order valence-corrected chi connectivity index (χ1v) is 11.0. The Morgan fingerprint density at radius 3 is 2.11 bits per heavy atom. The van der Waals surface area contributed by atoms with Crippen LogP contribution in [0.1, 0.15) is 90.9 Å². The fourth-order valence-electron chi connectivity index (χ4n) is 2.52. The second-order valence-corrected chi connectivity index (χ2v) is 6.79. The molecule has 0 rings (SSSR count). The highest BCUT2D eigenvalue weighted by Gasteiger charge is 2.02. The molecule has 27 heavy (non-hydrogen) atoms. The molecular formula is C24H42O3. The molecular weight excluding hydrogens is 336 g/mol. The van der Waals surface area contributed by atoms with Crippen LogP contribution in [0, 0.1) is 0 Å². The van der Waals surface area contributed by atoms with E-state index in [2.05, 4.69) is 50.3 Å². The maximum absolute atomic E-state index is 11.6. The number of hydrogen-bond acceptors (Lipinski definition) is 3. The molecule has 0 atom stereocenters. The maximum atomic E-state index is 11.6. The van der Waals surface area contributed by atoms with Crippen LogP contribution in [-0.2, 0) is 14.3 Å². The molecule has 0 aromatic rings. The Morgan fingerprint density at radius 1 is 0.704 bits per heavy atom. The number of carbonyl (C=O) groups excluding carboxylic acids is 1. The summed E-state index contributed by atoms with van der Waals surface area (Å²) in [5, 5.41) is 0. The fraction of sp³-hybridized carbons (Fsp3) is 0.708. The Hall–Kier alpha value is -1.35. The minimum absolute atomic E-state index is 0.0877. The average Bonchev–Trinajstić information content (AvgIpc) is 2.67. The van der Waals surface area contributed by atoms with Gasteiger partial charge in [-0.25, -0.2) is 0 Å². The quantitative estimate of drug-likeness (QED) is 0.139. The third kappa shape index (κ3) is 22.6. The molecule has 0 spiro atoms. The van der Waals surface area contributed by atoms with Crippen LogP contribution in [0.5, 0.6) is 0 Å². The van der Waals surface area contributed by atoms with Gasteiger partial charge in [-0.3, -0.25) is 4.79 Å². The van der Waals surface area contributed by atoms with Crippen LogP contribution in [0.25, 0.3) is 0 Å². The summed E-state index contributed by atoms with van der Waals surface area (Å²) >= 11 is 0. The van der Waals surface area contributed by atoms with Crippen molar-refractivity contribution in [3.8, 4) is 0 Å². The predicted octanol–water partition coefficient (Wildman–Crippen LogP) is 6.94. The molecule has 0 aliphatic rings. The van der Waals surface area contributed by atoms with Crippen molar-refractivity contribution in [1.29, 1.82) is 0 Å². The fourth-order valence-corrected chi connectivity index (χ4v) is 2.52. The van der Waals surface area contributed by atoms with E-state index in [1.807, 2.05) is 0 Å². The zero-order valence-electron chi connectivity index (χ0n) is 17.8. The summed E-state index contributed by atoms with van der Waals surface area (Å²) in [7, 11) is 0. The van der Waals surface area contributed by atoms with Crippen molar-refractivity contribution in [2.45, 2.75) is 90.9 Å². The molecule has 0 aliphatic carbocycles. The van der Waals surface area contributed by atoms with Gasteiger partial charge in [-0.2, -0.15) is 0 Å². The van der Waals surface area contributed by atoms with Gasteiger partial charge in [-0.15, -0.1) is 0 Å². The Morgan fingerprint density at radius 2 is 1.37 bits per heavy atom. The van der Waals surface area contributed by atoms with Crippen LogP contribution in [0.15, 0.2) is 36.5 Å². The summed E-state index contributed by atoms with van der Waals surface area (Å²) in [6.45, 7) is 5.96. The summed E-state index contributed by atoms with van der Waals surface area (Å²) in [6.07, 6.45) is 26.2. The molecule has 0 radical (unpaired) electrons. The molecule has 0 unspecified atom stereocenters. The van der Waals surface area contributed by atoms with Gasteiger partial charge in [-0.05, 0) is 44.9 Å². The first kappa shape index (κ1) is 25.6. The van der Waals surface area contributed by atoms with E-state index in [4.69, 9.17) is 9.47 Å². The Labute approximate surface area is 167 Å². The largest absolute Gasteiger partial charge is 0.463 e. The van der Waals surface area contributed by atoms with E-state index in [1.165, 1.54) is 19.3 Å². The minimum Gasteiger partial charge on any atom is -0.463 e. The molecule has 0 aromatic carbocycles. The van der Waals surface area contributed by atoms with E-state index in [0.717, 1.165) is 58.0 Å². The molecule has 0 bridgehead atoms. The monoisotopic (exact) mass is 378 g/mol. The van der Waals surface area contributed by atoms with E-state index in [1.54, 1.807) is 0 Å². The molecule has 0 N–H and O–H groups in total. The standard InChI is InChI=1S/C24H42O3/c1-3-5-7-8-9-10-11-12-13-14-15-16-17-18-19-20-24(25)27-23-22-26-21-6-4-2/h5,7,9-10,12-13H,3-4,6,8,11,14-23H2,1-2H3/b7-5-,10-9-,13-12-. The normalized spacial score (nSPS) is 11.9. The highest BCUT2D eigenvalue weighted by atomic mass is 16.6. The molecule has 0 heterocycles. The molecule has 0 aromatic heterocycles. The lowest BCUT2D eigenvalue weighted by Gasteiger charge is -2.05. The van der Waals surface area contributed by atoms with Gasteiger partial charge in [-0.1, -0.05) is 76.0 Å².